The van der Waals surface area contributed by atoms with Crippen LogP contribution in [-0.2, 0) is 17.0 Å². The summed E-state index contributed by atoms with van der Waals surface area (Å²) < 4.78 is 14.3. The molecule has 29 heavy (non-hydrogen) atoms. The maximum absolute atomic E-state index is 14.3. The van der Waals surface area contributed by atoms with E-state index in [0.717, 1.165) is 18.4 Å². The van der Waals surface area contributed by atoms with Crippen molar-refractivity contribution >= 4 is 32.7 Å². The SMILES string of the molecule is O=C(NCc1ccccc1)C1CCCN1c1nc2c(=O)[nH]c(C3(F)CC3)nc2s1. The fourth-order valence-corrected chi connectivity index (χ4v) is 4.69. The number of alkyl halides is 1. The largest absolute Gasteiger partial charge is 0.350 e. The third-order valence-electron chi connectivity index (χ3n) is 5.48. The molecule has 1 saturated carbocycles. The number of hydrogen-bond acceptors (Lipinski definition) is 6. The van der Waals surface area contributed by atoms with E-state index in [-0.39, 0.29) is 23.3 Å². The molecular formula is C20H20FN5O2S. The van der Waals surface area contributed by atoms with Crippen molar-refractivity contribution in [3.8, 4) is 0 Å². The highest BCUT2D eigenvalue weighted by atomic mass is 32.1. The molecule has 1 aliphatic heterocycles. The van der Waals surface area contributed by atoms with E-state index in [1.807, 2.05) is 35.2 Å². The predicted octanol–water partition coefficient (Wildman–Crippen LogP) is 2.62. The standard InChI is InChI=1S/C20H20FN5O2S/c21-20(8-9-20)18-24-16(28)14-17(25-18)29-19(23-14)26-10-4-7-13(26)15(27)22-11-12-5-2-1-3-6-12/h1-3,5-6,13H,4,7-11H2,(H,22,27)(H,24,25,28). The van der Waals surface area contributed by atoms with Gasteiger partial charge in [-0.2, -0.15) is 0 Å². The molecule has 7 nitrogen and oxygen atoms in total. The first kappa shape index (κ1) is 18.2. The highest BCUT2D eigenvalue weighted by Crippen LogP contribution is 2.48. The molecule has 2 N–H and O–H groups in total. The minimum absolute atomic E-state index is 0.0612. The minimum Gasteiger partial charge on any atom is -0.350 e. The van der Waals surface area contributed by atoms with Gasteiger partial charge in [0.2, 0.25) is 5.91 Å². The molecule has 150 valence electrons. The molecule has 9 heteroatoms. The van der Waals surface area contributed by atoms with Crippen molar-refractivity contribution in [1.82, 2.24) is 20.3 Å². The van der Waals surface area contributed by atoms with Gasteiger partial charge in [-0.25, -0.2) is 14.4 Å². The maximum atomic E-state index is 14.3. The Morgan fingerprint density at radius 2 is 2.10 bits per heavy atom. The molecule has 0 radical (unpaired) electrons. The molecule has 0 bridgehead atoms. The topological polar surface area (TPSA) is 91.0 Å². The summed E-state index contributed by atoms with van der Waals surface area (Å²) in [5, 5.41) is 3.57. The molecule has 1 amide bonds. The Bertz CT molecular complexity index is 1120. The number of thiazole rings is 1. The van der Waals surface area contributed by atoms with E-state index in [2.05, 4.69) is 20.3 Å². The Balaban J connectivity index is 1.38. The number of aromatic amines is 1. The first-order chi connectivity index (χ1) is 14.0. The van der Waals surface area contributed by atoms with Crippen LogP contribution >= 0.6 is 11.3 Å². The molecule has 1 aliphatic carbocycles. The second-order valence-electron chi connectivity index (χ2n) is 7.58. The molecule has 3 heterocycles. The number of fused-ring (bicyclic) bond motifs is 1. The summed E-state index contributed by atoms with van der Waals surface area (Å²) in [4.78, 5) is 38.7. The number of anilines is 1. The first-order valence-corrected chi connectivity index (χ1v) is 10.5. The summed E-state index contributed by atoms with van der Waals surface area (Å²) in [5.41, 5.74) is -0.701. The Morgan fingerprint density at radius 1 is 1.31 bits per heavy atom. The van der Waals surface area contributed by atoms with Gasteiger partial charge in [0.05, 0.1) is 0 Å². The number of nitrogens with one attached hydrogen (secondary N) is 2. The molecule has 2 fully saturated rings. The van der Waals surface area contributed by atoms with Crippen LogP contribution in [0.1, 0.15) is 37.1 Å². The average Bonchev–Trinajstić information content (AvgIpc) is 3.14. The molecule has 1 saturated heterocycles. The summed E-state index contributed by atoms with van der Waals surface area (Å²) in [6, 6.07) is 9.40. The smallest absolute Gasteiger partial charge is 0.278 e. The molecule has 0 spiro atoms. The van der Waals surface area contributed by atoms with Crippen LogP contribution < -0.4 is 15.8 Å². The summed E-state index contributed by atoms with van der Waals surface area (Å²) >= 11 is 1.24. The fourth-order valence-electron chi connectivity index (χ4n) is 3.67. The molecular weight excluding hydrogens is 393 g/mol. The van der Waals surface area contributed by atoms with Crippen LogP contribution in [0.25, 0.3) is 10.3 Å². The highest BCUT2D eigenvalue weighted by Gasteiger charge is 2.48. The van der Waals surface area contributed by atoms with Crippen molar-refractivity contribution in [2.75, 3.05) is 11.4 Å². The van der Waals surface area contributed by atoms with E-state index in [4.69, 9.17) is 0 Å². The number of carbonyl (C=O) groups excluding carboxylic acids is 1. The van der Waals surface area contributed by atoms with E-state index in [9.17, 15) is 14.0 Å². The molecule has 1 atom stereocenters. The van der Waals surface area contributed by atoms with Crippen LogP contribution in [0, 0.1) is 0 Å². The number of rotatable bonds is 5. The van der Waals surface area contributed by atoms with Gasteiger partial charge in [-0.15, -0.1) is 0 Å². The number of carbonyl (C=O) groups is 1. The number of halogens is 1. The van der Waals surface area contributed by atoms with Gasteiger partial charge in [0.15, 0.2) is 21.1 Å². The second kappa shape index (κ2) is 6.91. The molecule has 1 aromatic carbocycles. The Labute approximate surface area is 170 Å². The monoisotopic (exact) mass is 413 g/mol. The van der Waals surface area contributed by atoms with E-state index in [1.165, 1.54) is 11.3 Å². The third kappa shape index (κ3) is 3.39. The number of benzene rings is 1. The molecule has 3 aromatic rings. The quantitative estimate of drug-likeness (QED) is 0.671. The molecule has 5 rings (SSSR count). The van der Waals surface area contributed by atoms with Gasteiger partial charge in [-0.05, 0) is 31.2 Å². The Morgan fingerprint density at radius 3 is 2.86 bits per heavy atom. The number of hydrogen-bond donors (Lipinski definition) is 2. The molecule has 2 aromatic heterocycles. The summed E-state index contributed by atoms with van der Waals surface area (Å²) in [6.07, 6.45) is 2.34. The molecule has 2 aliphatic rings. The number of amides is 1. The lowest BCUT2D eigenvalue weighted by molar-refractivity contribution is -0.122. The van der Waals surface area contributed by atoms with E-state index >= 15 is 0 Å². The van der Waals surface area contributed by atoms with Gasteiger partial charge < -0.3 is 15.2 Å². The van der Waals surface area contributed by atoms with Crippen LogP contribution in [0.3, 0.4) is 0 Å². The van der Waals surface area contributed by atoms with Crippen molar-refractivity contribution in [2.45, 2.75) is 43.9 Å². The summed E-state index contributed by atoms with van der Waals surface area (Å²) in [7, 11) is 0. The van der Waals surface area contributed by atoms with E-state index in [0.29, 0.717) is 35.9 Å². The van der Waals surface area contributed by atoms with E-state index < -0.39 is 11.2 Å². The van der Waals surface area contributed by atoms with Crippen LogP contribution in [0.5, 0.6) is 0 Å². The van der Waals surface area contributed by atoms with Gasteiger partial charge in [-0.1, -0.05) is 41.7 Å². The van der Waals surface area contributed by atoms with E-state index in [1.54, 1.807) is 0 Å². The van der Waals surface area contributed by atoms with Crippen molar-refractivity contribution < 1.29 is 9.18 Å². The fraction of sp³-hybridized carbons (Fsp3) is 0.400. The second-order valence-corrected chi connectivity index (χ2v) is 8.54. The zero-order valence-corrected chi connectivity index (χ0v) is 16.5. The highest BCUT2D eigenvalue weighted by molar-refractivity contribution is 7.21. The van der Waals surface area contributed by atoms with Crippen molar-refractivity contribution in [1.29, 1.82) is 0 Å². The Hall–Kier alpha value is -2.81. The maximum Gasteiger partial charge on any atom is 0.278 e. The van der Waals surface area contributed by atoms with Crippen molar-refractivity contribution in [3.05, 3.63) is 52.1 Å². The van der Waals surface area contributed by atoms with Crippen LogP contribution in [0.2, 0.25) is 0 Å². The van der Waals surface area contributed by atoms with Gasteiger partial charge in [0.1, 0.15) is 11.9 Å². The lowest BCUT2D eigenvalue weighted by atomic mass is 10.2. The van der Waals surface area contributed by atoms with Crippen LogP contribution in [-0.4, -0.2) is 33.4 Å². The van der Waals surface area contributed by atoms with Crippen LogP contribution in [0.4, 0.5) is 9.52 Å². The Kier molecular flexibility index (Phi) is 4.34. The van der Waals surface area contributed by atoms with Crippen molar-refractivity contribution in [3.63, 3.8) is 0 Å². The number of H-pyrrole nitrogens is 1. The third-order valence-corrected chi connectivity index (χ3v) is 6.47. The number of nitrogens with zero attached hydrogens (tertiary/aromatic N) is 3. The predicted molar refractivity (Wildman–Crippen MR) is 109 cm³/mol. The van der Waals surface area contributed by atoms with Gasteiger partial charge in [0.25, 0.3) is 5.56 Å². The lowest BCUT2D eigenvalue weighted by Gasteiger charge is -2.23. The van der Waals surface area contributed by atoms with Gasteiger partial charge in [-0.3, -0.25) is 9.59 Å². The van der Waals surface area contributed by atoms with Gasteiger partial charge in [0, 0.05) is 13.1 Å². The molecule has 1 unspecified atom stereocenters. The summed E-state index contributed by atoms with van der Waals surface area (Å²) in [6.45, 7) is 1.15. The summed E-state index contributed by atoms with van der Waals surface area (Å²) in [5.74, 6) is 0.0256. The minimum atomic E-state index is -1.51. The van der Waals surface area contributed by atoms with Crippen molar-refractivity contribution in [2.24, 2.45) is 0 Å². The zero-order valence-electron chi connectivity index (χ0n) is 15.7. The number of aromatic nitrogens is 3. The first-order valence-electron chi connectivity index (χ1n) is 9.72. The normalized spacial score (nSPS) is 20.2. The average molecular weight is 413 g/mol. The zero-order chi connectivity index (χ0) is 20.0. The van der Waals surface area contributed by atoms with Crippen LogP contribution in [0.15, 0.2) is 35.1 Å². The van der Waals surface area contributed by atoms with Gasteiger partial charge >= 0.3 is 0 Å². The lowest BCUT2D eigenvalue weighted by Crippen LogP contribution is -2.43.